The van der Waals surface area contributed by atoms with Crippen LogP contribution in [0.5, 0.6) is 11.5 Å². The van der Waals surface area contributed by atoms with E-state index in [9.17, 15) is 17.6 Å². The van der Waals surface area contributed by atoms with E-state index in [1.807, 2.05) is 0 Å². The Labute approximate surface area is 149 Å². The van der Waals surface area contributed by atoms with Gasteiger partial charge in [0, 0.05) is 13.0 Å². The standard InChI is InChI=1S/C17H16FNO6S/c18-12-1-3-13(4-2-12)25-14-5-7-15(8-6-14)26(22,23)17(16(20)19-21)9-10-24-11-17/h1-8,21H,9-11H2,(H,19,20). The number of benzene rings is 2. The Morgan fingerprint density at radius 2 is 1.69 bits per heavy atom. The molecule has 3 rings (SSSR count). The minimum Gasteiger partial charge on any atom is -0.457 e. The van der Waals surface area contributed by atoms with Crippen molar-refractivity contribution in [3.8, 4) is 11.5 Å². The molecule has 2 N–H and O–H groups in total. The molecular formula is C17H16FNO6S. The van der Waals surface area contributed by atoms with Crippen LogP contribution in [-0.2, 0) is 19.4 Å². The molecule has 0 bridgehead atoms. The van der Waals surface area contributed by atoms with Crippen molar-refractivity contribution in [2.24, 2.45) is 0 Å². The van der Waals surface area contributed by atoms with E-state index in [2.05, 4.69) is 0 Å². The van der Waals surface area contributed by atoms with Gasteiger partial charge in [-0.2, -0.15) is 0 Å². The molecule has 0 aromatic heterocycles. The molecule has 1 atom stereocenters. The zero-order valence-electron chi connectivity index (χ0n) is 13.5. The van der Waals surface area contributed by atoms with Crippen molar-refractivity contribution in [1.82, 2.24) is 5.48 Å². The fourth-order valence-corrected chi connectivity index (χ4v) is 4.54. The van der Waals surface area contributed by atoms with Crippen molar-refractivity contribution in [3.05, 3.63) is 54.3 Å². The molecule has 1 unspecified atom stereocenters. The maximum atomic E-state index is 12.9. The lowest BCUT2D eigenvalue weighted by molar-refractivity contribution is -0.131. The molecule has 26 heavy (non-hydrogen) atoms. The average molecular weight is 381 g/mol. The highest BCUT2D eigenvalue weighted by Gasteiger charge is 2.54. The van der Waals surface area contributed by atoms with Crippen LogP contribution in [0.1, 0.15) is 6.42 Å². The lowest BCUT2D eigenvalue weighted by atomic mass is 10.1. The van der Waals surface area contributed by atoms with Gasteiger partial charge in [-0.1, -0.05) is 0 Å². The first kappa shape index (κ1) is 18.3. The summed E-state index contributed by atoms with van der Waals surface area (Å²) in [4.78, 5) is 11.9. The van der Waals surface area contributed by atoms with Crippen molar-refractivity contribution in [2.75, 3.05) is 13.2 Å². The van der Waals surface area contributed by atoms with Crippen LogP contribution < -0.4 is 10.2 Å². The number of carbonyl (C=O) groups excluding carboxylic acids is 1. The SMILES string of the molecule is O=C(NO)C1(S(=O)(=O)c2ccc(Oc3ccc(F)cc3)cc2)CCOC1. The third-order valence-corrected chi connectivity index (χ3v) is 6.63. The lowest BCUT2D eigenvalue weighted by Gasteiger charge is -2.24. The Balaban J connectivity index is 1.87. The Morgan fingerprint density at radius 3 is 2.19 bits per heavy atom. The van der Waals surface area contributed by atoms with Gasteiger partial charge in [0.2, 0.25) is 0 Å². The predicted molar refractivity (Wildman–Crippen MR) is 88.2 cm³/mol. The third kappa shape index (κ3) is 3.16. The molecule has 0 radical (unpaired) electrons. The van der Waals surface area contributed by atoms with Crippen LogP contribution in [0, 0.1) is 5.82 Å². The van der Waals surface area contributed by atoms with Crippen LogP contribution in [0.4, 0.5) is 4.39 Å². The Hall–Kier alpha value is -2.49. The first-order valence-electron chi connectivity index (χ1n) is 7.69. The number of carbonyl (C=O) groups is 1. The van der Waals surface area contributed by atoms with Gasteiger partial charge in [0.05, 0.1) is 11.5 Å². The van der Waals surface area contributed by atoms with Gasteiger partial charge in [0.25, 0.3) is 5.91 Å². The first-order chi connectivity index (χ1) is 12.4. The minimum absolute atomic E-state index is 0.0600. The van der Waals surface area contributed by atoms with E-state index in [4.69, 9.17) is 14.7 Å². The normalized spacial score (nSPS) is 19.9. The lowest BCUT2D eigenvalue weighted by Crippen LogP contribution is -2.52. The van der Waals surface area contributed by atoms with Crippen molar-refractivity contribution in [2.45, 2.75) is 16.1 Å². The second-order valence-electron chi connectivity index (χ2n) is 5.77. The summed E-state index contributed by atoms with van der Waals surface area (Å²) in [6.07, 6.45) is -0.0600. The van der Waals surface area contributed by atoms with E-state index in [-0.39, 0.29) is 24.5 Å². The highest BCUT2D eigenvalue weighted by Crippen LogP contribution is 2.34. The minimum atomic E-state index is -4.11. The highest BCUT2D eigenvalue weighted by molar-refractivity contribution is 7.93. The Kier molecular flexibility index (Phi) is 4.94. The summed E-state index contributed by atoms with van der Waals surface area (Å²) in [6.45, 7) is -0.242. The van der Waals surface area contributed by atoms with Gasteiger partial charge in [0.15, 0.2) is 14.6 Å². The molecule has 1 fully saturated rings. The van der Waals surface area contributed by atoms with E-state index in [1.165, 1.54) is 54.0 Å². The third-order valence-electron chi connectivity index (χ3n) is 4.20. The van der Waals surface area contributed by atoms with Crippen molar-refractivity contribution >= 4 is 15.7 Å². The van der Waals surface area contributed by atoms with Crippen molar-refractivity contribution in [1.29, 1.82) is 0 Å². The molecule has 2 aromatic carbocycles. The number of ether oxygens (including phenoxy) is 2. The molecule has 2 aromatic rings. The van der Waals surface area contributed by atoms with Crippen molar-refractivity contribution < 1.29 is 32.3 Å². The molecule has 1 aliphatic heterocycles. The van der Waals surface area contributed by atoms with Gasteiger partial charge in [-0.25, -0.2) is 18.3 Å². The second-order valence-corrected chi connectivity index (χ2v) is 8.03. The number of hydrogen-bond donors (Lipinski definition) is 2. The molecule has 9 heteroatoms. The summed E-state index contributed by atoms with van der Waals surface area (Å²) in [5, 5.41) is 8.93. The number of halogens is 1. The van der Waals surface area contributed by atoms with E-state index >= 15 is 0 Å². The van der Waals surface area contributed by atoms with Crippen LogP contribution in [-0.4, -0.2) is 37.5 Å². The number of sulfone groups is 1. The van der Waals surface area contributed by atoms with Crippen molar-refractivity contribution in [3.63, 3.8) is 0 Å². The van der Waals surface area contributed by atoms with Gasteiger partial charge in [-0.3, -0.25) is 10.0 Å². The fraction of sp³-hybridized carbons (Fsp3) is 0.235. The largest absolute Gasteiger partial charge is 0.457 e. The highest BCUT2D eigenvalue weighted by atomic mass is 32.2. The van der Waals surface area contributed by atoms with Crippen LogP contribution >= 0.6 is 0 Å². The van der Waals surface area contributed by atoms with E-state index in [1.54, 1.807) is 0 Å². The van der Waals surface area contributed by atoms with Crippen LogP contribution in [0.25, 0.3) is 0 Å². The summed E-state index contributed by atoms with van der Waals surface area (Å²) in [6, 6.07) is 10.8. The quantitative estimate of drug-likeness (QED) is 0.607. The topological polar surface area (TPSA) is 102 Å². The summed E-state index contributed by atoms with van der Waals surface area (Å²) in [7, 11) is -4.11. The second kappa shape index (κ2) is 7.02. The number of nitrogens with one attached hydrogen (secondary N) is 1. The molecule has 1 aliphatic rings. The monoisotopic (exact) mass is 381 g/mol. The van der Waals surface area contributed by atoms with Gasteiger partial charge in [-0.05, 0) is 48.5 Å². The van der Waals surface area contributed by atoms with Crippen LogP contribution in [0.15, 0.2) is 53.4 Å². The Bertz CT molecular complexity index is 890. The number of hydrogen-bond acceptors (Lipinski definition) is 6. The summed E-state index contributed by atoms with van der Waals surface area (Å²) in [5.74, 6) is -0.687. The summed E-state index contributed by atoms with van der Waals surface area (Å²) in [5.41, 5.74) is 1.42. The predicted octanol–water partition coefficient (Wildman–Crippen LogP) is 2.06. The summed E-state index contributed by atoms with van der Waals surface area (Å²) < 4.78 is 47.5. The molecule has 1 heterocycles. The van der Waals surface area contributed by atoms with Crippen LogP contribution in [0.3, 0.4) is 0 Å². The zero-order valence-corrected chi connectivity index (χ0v) is 14.3. The van der Waals surface area contributed by atoms with E-state index in [0.29, 0.717) is 11.5 Å². The molecule has 7 nitrogen and oxygen atoms in total. The van der Waals surface area contributed by atoms with Gasteiger partial charge >= 0.3 is 0 Å². The van der Waals surface area contributed by atoms with E-state index < -0.39 is 26.3 Å². The fourth-order valence-electron chi connectivity index (χ4n) is 2.71. The molecule has 0 spiro atoms. The maximum Gasteiger partial charge on any atom is 0.267 e. The van der Waals surface area contributed by atoms with E-state index in [0.717, 1.165) is 0 Å². The molecule has 0 saturated carbocycles. The first-order valence-corrected chi connectivity index (χ1v) is 9.18. The van der Waals surface area contributed by atoms with Gasteiger partial charge in [0.1, 0.15) is 17.3 Å². The van der Waals surface area contributed by atoms with Crippen LogP contribution in [0.2, 0.25) is 0 Å². The Morgan fingerprint density at radius 1 is 1.12 bits per heavy atom. The zero-order chi connectivity index (χ0) is 18.8. The number of rotatable bonds is 5. The number of hydroxylamine groups is 1. The summed E-state index contributed by atoms with van der Waals surface area (Å²) >= 11 is 0. The number of amides is 1. The maximum absolute atomic E-state index is 12.9. The molecule has 1 amide bonds. The molecule has 138 valence electrons. The molecule has 1 saturated heterocycles. The molecule has 0 aliphatic carbocycles. The van der Waals surface area contributed by atoms with Gasteiger partial charge < -0.3 is 9.47 Å². The average Bonchev–Trinajstić information content (AvgIpc) is 3.15. The van der Waals surface area contributed by atoms with Gasteiger partial charge in [-0.15, -0.1) is 0 Å². The smallest absolute Gasteiger partial charge is 0.267 e. The molecular weight excluding hydrogens is 365 g/mol.